The average molecular weight is 337 g/mol. The fraction of sp³-hybridized carbons (Fsp3) is 0.400. The lowest BCUT2D eigenvalue weighted by atomic mass is 9.78. The van der Waals surface area contributed by atoms with E-state index in [9.17, 15) is 5.11 Å². The number of pyridine rings is 1. The maximum Gasteiger partial charge on any atom is 0.142 e. The minimum absolute atomic E-state index is 0.125. The van der Waals surface area contributed by atoms with E-state index in [1.54, 1.807) is 6.07 Å². The molecule has 1 aliphatic heterocycles. The average Bonchev–Trinajstić information content (AvgIpc) is 2.69. The lowest BCUT2D eigenvalue weighted by molar-refractivity contribution is 0.0792. The molecule has 2 aromatic rings. The first-order valence-electron chi connectivity index (χ1n) is 8.65. The molecule has 1 aromatic carbocycles. The van der Waals surface area contributed by atoms with E-state index < -0.39 is 0 Å². The zero-order valence-electron chi connectivity index (χ0n) is 14.3. The molecule has 1 atom stereocenters. The summed E-state index contributed by atoms with van der Waals surface area (Å²) in [5, 5.41) is 19.1. The van der Waals surface area contributed by atoms with Gasteiger partial charge in [-0.2, -0.15) is 5.26 Å². The zero-order valence-corrected chi connectivity index (χ0v) is 14.3. The molecule has 2 heterocycles. The number of aromatic nitrogens is 1. The molecule has 0 unspecified atom stereocenters. The number of ether oxygens (including phenoxy) is 1. The standard InChI is InChI=1S/C20H23N3O2/c21-14-17-6-4-9-19(22-17)23-12-5-10-20(15-23,16-24)11-13-25-18-7-2-1-3-8-18/h1-4,6-9,24H,5,10-13,15-16H2/t20-/m0/s1. The summed E-state index contributed by atoms with van der Waals surface area (Å²) in [5.41, 5.74) is 0.224. The Labute approximate surface area is 148 Å². The SMILES string of the molecule is N#Cc1cccc(N2CCC[C@](CO)(CCOc3ccccc3)C2)n1. The van der Waals surface area contributed by atoms with E-state index in [2.05, 4.69) is 16.0 Å². The van der Waals surface area contributed by atoms with Gasteiger partial charge in [0, 0.05) is 18.5 Å². The van der Waals surface area contributed by atoms with Crippen molar-refractivity contribution in [2.24, 2.45) is 5.41 Å². The van der Waals surface area contributed by atoms with E-state index >= 15 is 0 Å². The molecule has 5 nitrogen and oxygen atoms in total. The minimum atomic E-state index is -0.197. The molecule has 1 saturated heterocycles. The Morgan fingerprint density at radius 1 is 1.20 bits per heavy atom. The summed E-state index contributed by atoms with van der Waals surface area (Å²) in [6.45, 7) is 2.32. The fourth-order valence-corrected chi connectivity index (χ4v) is 3.38. The lowest BCUT2D eigenvalue weighted by Gasteiger charge is -2.42. The number of aliphatic hydroxyl groups excluding tert-OH is 1. The summed E-state index contributed by atoms with van der Waals surface area (Å²) in [6.07, 6.45) is 2.74. The molecule has 5 heteroatoms. The largest absolute Gasteiger partial charge is 0.494 e. The Balaban J connectivity index is 1.65. The Morgan fingerprint density at radius 3 is 2.80 bits per heavy atom. The molecule has 130 valence electrons. The molecule has 0 amide bonds. The maximum atomic E-state index is 10.0. The van der Waals surface area contributed by atoms with Gasteiger partial charge in [-0.05, 0) is 43.5 Å². The molecule has 3 rings (SSSR count). The summed E-state index contributed by atoms with van der Waals surface area (Å²) in [4.78, 5) is 6.56. The van der Waals surface area contributed by atoms with Crippen LogP contribution in [0.15, 0.2) is 48.5 Å². The predicted molar refractivity (Wildman–Crippen MR) is 96.5 cm³/mol. The maximum absolute atomic E-state index is 10.0. The first-order chi connectivity index (χ1) is 12.2. The van der Waals surface area contributed by atoms with Crippen LogP contribution in [0.2, 0.25) is 0 Å². The van der Waals surface area contributed by atoms with Gasteiger partial charge in [-0.15, -0.1) is 0 Å². The van der Waals surface area contributed by atoms with Crippen molar-refractivity contribution in [1.29, 1.82) is 5.26 Å². The lowest BCUT2D eigenvalue weighted by Crippen LogP contribution is -2.46. The first-order valence-corrected chi connectivity index (χ1v) is 8.65. The van der Waals surface area contributed by atoms with Crippen LogP contribution >= 0.6 is 0 Å². The molecular formula is C20H23N3O2. The summed E-state index contributed by atoms with van der Waals surface area (Å²) in [6, 6.07) is 17.3. The van der Waals surface area contributed by atoms with Gasteiger partial charge in [0.15, 0.2) is 0 Å². The second-order valence-electron chi connectivity index (χ2n) is 6.59. The van der Waals surface area contributed by atoms with E-state index in [4.69, 9.17) is 10.00 Å². The van der Waals surface area contributed by atoms with Crippen molar-refractivity contribution in [1.82, 2.24) is 4.98 Å². The van der Waals surface area contributed by atoms with Gasteiger partial charge < -0.3 is 14.7 Å². The van der Waals surface area contributed by atoms with Crippen LogP contribution in [0.4, 0.5) is 5.82 Å². The number of anilines is 1. The van der Waals surface area contributed by atoms with Crippen molar-refractivity contribution >= 4 is 5.82 Å². The van der Waals surface area contributed by atoms with Crippen LogP contribution in [0.1, 0.15) is 25.0 Å². The first kappa shape index (κ1) is 17.2. The molecule has 0 bridgehead atoms. The highest BCUT2D eigenvalue weighted by atomic mass is 16.5. The van der Waals surface area contributed by atoms with E-state index in [1.165, 1.54) is 0 Å². The second-order valence-corrected chi connectivity index (χ2v) is 6.59. The molecule has 1 fully saturated rings. The number of para-hydroxylation sites is 1. The number of rotatable bonds is 6. The van der Waals surface area contributed by atoms with Gasteiger partial charge in [-0.1, -0.05) is 24.3 Å². The summed E-state index contributed by atoms with van der Waals surface area (Å²) in [5.74, 6) is 1.66. The molecule has 0 spiro atoms. The van der Waals surface area contributed by atoms with Crippen molar-refractivity contribution in [3.05, 3.63) is 54.2 Å². The number of benzene rings is 1. The Kier molecular flexibility index (Phi) is 5.52. The highest BCUT2D eigenvalue weighted by molar-refractivity contribution is 5.42. The third-order valence-corrected chi connectivity index (χ3v) is 4.81. The third kappa shape index (κ3) is 4.28. The predicted octanol–water partition coefficient (Wildman–Crippen LogP) is 3.00. The van der Waals surface area contributed by atoms with Gasteiger partial charge >= 0.3 is 0 Å². The molecule has 25 heavy (non-hydrogen) atoms. The van der Waals surface area contributed by atoms with Crippen molar-refractivity contribution in [2.45, 2.75) is 19.3 Å². The molecular weight excluding hydrogens is 314 g/mol. The van der Waals surface area contributed by atoms with E-state index in [0.717, 1.165) is 43.9 Å². The van der Waals surface area contributed by atoms with Gasteiger partial charge in [0.05, 0.1) is 13.2 Å². The molecule has 1 aromatic heterocycles. The van der Waals surface area contributed by atoms with Crippen molar-refractivity contribution in [2.75, 3.05) is 31.2 Å². The van der Waals surface area contributed by atoms with Crippen molar-refractivity contribution in [3.63, 3.8) is 0 Å². The Hall–Kier alpha value is -2.58. The summed E-state index contributed by atoms with van der Waals surface area (Å²) >= 11 is 0. The summed E-state index contributed by atoms with van der Waals surface area (Å²) < 4.78 is 5.82. The van der Waals surface area contributed by atoms with Gasteiger partial charge in [-0.25, -0.2) is 4.98 Å². The fourth-order valence-electron chi connectivity index (χ4n) is 3.38. The second kappa shape index (κ2) is 8.00. The quantitative estimate of drug-likeness (QED) is 0.877. The number of hydrogen-bond acceptors (Lipinski definition) is 5. The molecule has 0 saturated carbocycles. The van der Waals surface area contributed by atoms with Gasteiger partial charge in [-0.3, -0.25) is 0 Å². The van der Waals surface area contributed by atoms with Crippen LogP contribution < -0.4 is 9.64 Å². The van der Waals surface area contributed by atoms with Crippen LogP contribution in [0, 0.1) is 16.7 Å². The molecule has 1 N–H and O–H groups in total. The highest BCUT2D eigenvalue weighted by Gasteiger charge is 2.35. The van der Waals surface area contributed by atoms with Crippen LogP contribution in [-0.2, 0) is 0 Å². The topological polar surface area (TPSA) is 69.4 Å². The normalized spacial score (nSPS) is 20.1. The highest BCUT2D eigenvalue weighted by Crippen LogP contribution is 2.35. The number of nitriles is 1. The smallest absolute Gasteiger partial charge is 0.142 e. The van der Waals surface area contributed by atoms with Crippen LogP contribution in [-0.4, -0.2) is 36.4 Å². The van der Waals surface area contributed by atoms with E-state index in [-0.39, 0.29) is 12.0 Å². The number of aliphatic hydroxyl groups is 1. The monoisotopic (exact) mass is 337 g/mol. The summed E-state index contributed by atoms with van der Waals surface area (Å²) in [7, 11) is 0. The van der Waals surface area contributed by atoms with Gasteiger partial charge in [0.1, 0.15) is 23.3 Å². The minimum Gasteiger partial charge on any atom is -0.494 e. The third-order valence-electron chi connectivity index (χ3n) is 4.81. The molecule has 1 aliphatic rings. The Morgan fingerprint density at radius 2 is 2.04 bits per heavy atom. The Bertz CT molecular complexity index is 729. The van der Waals surface area contributed by atoms with Gasteiger partial charge in [0.2, 0.25) is 0 Å². The number of nitrogens with zero attached hydrogens (tertiary/aromatic N) is 3. The van der Waals surface area contributed by atoms with Crippen molar-refractivity contribution < 1.29 is 9.84 Å². The number of piperidine rings is 1. The van der Waals surface area contributed by atoms with Crippen LogP contribution in [0.3, 0.4) is 0 Å². The number of hydrogen-bond donors (Lipinski definition) is 1. The molecule has 0 aliphatic carbocycles. The van der Waals surface area contributed by atoms with E-state index in [0.29, 0.717) is 12.3 Å². The zero-order chi connectivity index (χ0) is 17.5. The van der Waals surface area contributed by atoms with Gasteiger partial charge in [0.25, 0.3) is 0 Å². The van der Waals surface area contributed by atoms with Crippen molar-refractivity contribution in [3.8, 4) is 11.8 Å². The van der Waals surface area contributed by atoms with Crippen LogP contribution in [0.5, 0.6) is 5.75 Å². The molecule has 0 radical (unpaired) electrons. The van der Waals surface area contributed by atoms with E-state index in [1.807, 2.05) is 42.5 Å². The van der Waals surface area contributed by atoms with Crippen LogP contribution in [0.25, 0.3) is 0 Å².